The van der Waals surface area contributed by atoms with Gasteiger partial charge in [-0.1, -0.05) is 36.4 Å². The van der Waals surface area contributed by atoms with Crippen molar-refractivity contribution in [2.45, 2.75) is 6.42 Å². The fourth-order valence-corrected chi connectivity index (χ4v) is 2.19. The van der Waals surface area contributed by atoms with Gasteiger partial charge in [-0.25, -0.2) is 4.98 Å². The first-order valence-corrected chi connectivity index (χ1v) is 6.05. The summed E-state index contributed by atoms with van der Waals surface area (Å²) in [6.45, 7) is 0. The van der Waals surface area contributed by atoms with E-state index in [1.54, 1.807) is 0 Å². The quantitative estimate of drug-likeness (QED) is 0.774. The van der Waals surface area contributed by atoms with Crippen molar-refractivity contribution in [3.8, 4) is 0 Å². The number of nitrogens with zero attached hydrogens (tertiary/aromatic N) is 2. The van der Waals surface area contributed by atoms with Crippen LogP contribution in [0.1, 0.15) is 21.9 Å². The number of benzene rings is 1. The summed E-state index contributed by atoms with van der Waals surface area (Å²) < 4.78 is 1.91. The van der Waals surface area contributed by atoms with Gasteiger partial charge in [0.05, 0.1) is 5.52 Å². The van der Waals surface area contributed by atoms with Crippen molar-refractivity contribution in [2.75, 3.05) is 0 Å². The van der Waals surface area contributed by atoms with Crippen LogP contribution in [0.4, 0.5) is 0 Å². The Labute approximate surface area is 110 Å². The van der Waals surface area contributed by atoms with Crippen molar-refractivity contribution in [1.82, 2.24) is 9.38 Å². The molecule has 4 nitrogen and oxygen atoms in total. The number of nitrogens with two attached hydrogens (primary N) is 1. The topological polar surface area (TPSA) is 60.4 Å². The molecule has 0 aliphatic heterocycles. The third-order valence-corrected chi connectivity index (χ3v) is 3.06. The molecule has 0 aliphatic carbocycles. The Balaban J connectivity index is 2.11. The summed E-state index contributed by atoms with van der Waals surface area (Å²) in [6.07, 6.45) is 2.56. The van der Waals surface area contributed by atoms with Gasteiger partial charge in [0.15, 0.2) is 5.69 Å². The van der Waals surface area contributed by atoms with Crippen LogP contribution in [0.5, 0.6) is 0 Å². The highest BCUT2D eigenvalue weighted by Crippen LogP contribution is 2.15. The first kappa shape index (κ1) is 11.5. The highest BCUT2D eigenvalue weighted by atomic mass is 16.1. The second kappa shape index (κ2) is 4.57. The van der Waals surface area contributed by atoms with E-state index in [1.165, 1.54) is 0 Å². The average Bonchev–Trinajstić information content (AvgIpc) is 2.79. The summed E-state index contributed by atoms with van der Waals surface area (Å²) in [7, 11) is 0. The summed E-state index contributed by atoms with van der Waals surface area (Å²) in [4.78, 5) is 15.8. The minimum atomic E-state index is -0.497. The third-order valence-electron chi connectivity index (χ3n) is 3.06. The Morgan fingerprint density at radius 2 is 1.84 bits per heavy atom. The van der Waals surface area contributed by atoms with Crippen LogP contribution in [0.2, 0.25) is 0 Å². The summed E-state index contributed by atoms with van der Waals surface area (Å²) in [6, 6.07) is 15.6. The molecule has 0 saturated carbocycles. The van der Waals surface area contributed by atoms with Crippen molar-refractivity contribution < 1.29 is 4.79 Å². The molecule has 19 heavy (non-hydrogen) atoms. The lowest BCUT2D eigenvalue weighted by Gasteiger charge is -2.00. The lowest BCUT2D eigenvalue weighted by Crippen LogP contribution is -2.11. The van der Waals surface area contributed by atoms with E-state index in [0.29, 0.717) is 12.1 Å². The molecule has 0 aliphatic rings. The zero-order chi connectivity index (χ0) is 13.2. The fraction of sp³-hybridized carbons (Fsp3) is 0.0667. The molecule has 0 saturated heterocycles. The maximum Gasteiger partial charge on any atom is 0.269 e. The number of hydrogen-bond acceptors (Lipinski definition) is 2. The molecule has 3 rings (SSSR count). The number of primary amides is 1. The number of pyridine rings is 1. The van der Waals surface area contributed by atoms with Crippen LogP contribution in [0.3, 0.4) is 0 Å². The van der Waals surface area contributed by atoms with Gasteiger partial charge < -0.3 is 10.1 Å². The highest BCUT2D eigenvalue weighted by Gasteiger charge is 2.14. The van der Waals surface area contributed by atoms with E-state index in [0.717, 1.165) is 16.9 Å². The van der Waals surface area contributed by atoms with Crippen LogP contribution in [0.15, 0.2) is 54.7 Å². The first-order valence-electron chi connectivity index (χ1n) is 6.05. The first-order chi connectivity index (χ1) is 9.25. The minimum Gasteiger partial charge on any atom is -0.364 e. The van der Waals surface area contributed by atoms with E-state index >= 15 is 0 Å². The van der Waals surface area contributed by atoms with Crippen LogP contribution in [0.25, 0.3) is 5.52 Å². The van der Waals surface area contributed by atoms with Crippen LogP contribution in [-0.2, 0) is 6.42 Å². The standard InChI is InChI=1S/C15H13N3O/c16-15(19)14-12-8-4-5-9-18(12)13(17-14)10-11-6-2-1-3-7-11/h1-9H,10H2,(H2,16,19). The van der Waals surface area contributed by atoms with Crippen LogP contribution < -0.4 is 5.73 Å². The van der Waals surface area contributed by atoms with Crippen LogP contribution in [0, 0.1) is 0 Å². The smallest absolute Gasteiger partial charge is 0.269 e. The van der Waals surface area contributed by atoms with Gasteiger partial charge in [-0.05, 0) is 17.7 Å². The number of hydrogen-bond donors (Lipinski definition) is 1. The maximum atomic E-state index is 11.4. The Bertz CT molecular complexity index is 731. The minimum absolute atomic E-state index is 0.325. The zero-order valence-corrected chi connectivity index (χ0v) is 10.3. The lowest BCUT2D eigenvalue weighted by atomic mass is 10.1. The molecule has 0 spiro atoms. The normalized spacial score (nSPS) is 10.7. The summed E-state index contributed by atoms with van der Waals surface area (Å²) in [5.74, 6) is 0.318. The molecule has 0 fully saturated rings. The Hall–Kier alpha value is -2.62. The monoisotopic (exact) mass is 251 g/mol. The molecular weight excluding hydrogens is 238 g/mol. The number of carbonyl (C=O) groups is 1. The van der Waals surface area contributed by atoms with Crippen molar-refractivity contribution >= 4 is 11.4 Å². The molecule has 0 radical (unpaired) electrons. The Morgan fingerprint density at radius 3 is 2.58 bits per heavy atom. The average molecular weight is 251 g/mol. The van der Waals surface area contributed by atoms with E-state index in [4.69, 9.17) is 5.73 Å². The molecule has 94 valence electrons. The van der Waals surface area contributed by atoms with Gasteiger partial charge >= 0.3 is 0 Å². The predicted molar refractivity (Wildman–Crippen MR) is 73.0 cm³/mol. The van der Waals surface area contributed by atoms with Gasteiger partial charge in [0, 0.05) is 12.6 Å². The van der Waals surface area contributed by atoms with Crippen LogP contribution in [-0.4, -0.2) is 15.3 Å². The highest BCUT2D eigenvalue weighted by molar-refractivity contribution is 5.97. The Morgan fingerprint density at radius 1 is 1.11 bits per heavy atom. The van der Waals surface area contributed by atoms with E-state index in [9.17, 15) is 4.79 Å². The molecule has 2 N–H and O–H groups in total. The molecule has 1 aromatic carbocycles. The third kappa shape index (κ3) is 2.08. The van der Waals surface area contributed by atoms with Gasteiger partial charge in [0.1, 0.15) is 5.82 Å². The van der Waals surface area contributed by atoms with Crippen molar-refractivity contribution in [3.63, 3.8) is 0 Å². The molecule has 3 aromatic rings. The molecule has 0 unspecified atom stereocenters. The van der Waals surface area contributed by atoms with Gasteiger partial charge in [0.25, 0.3) is 5.91 Å². The molecule has 1 amide bonds. The van der Waals surface area contributed by atoms with Gasteiger partial charge in [0.2, 0.25) is 0 Å². The number of fused-ring (bicyclic) bond motifs is 1. The van der Waals surface area contributed by atoms with Crippen molar-refractivity contribution in [3.05, 3.63) is 71.8 Å². The second-order valence-corrected chi connectivity index (χ2v) is 4.36. The Kier molecular flexibility index (Phi) is 2.76. The van der Waals surface area contributed by atoms with Crippen molar-refractivity contribution in [1.29, 1.82) is 0 Å². The predicted octanol–water partition coefficient (Wildman–Crippen LogP) is 2.02. The van der Waals surface area contributed by atoms with E-state index in [1.807, 2.05) is 59.1 Å². The van der Waals surface area contributed by atoms with Gasteiger partial charge in [-0.3, -0.25) is 4.79 Å². The van der Waals surface area contributed by atoms with E-state index in [-0.39, 0.29) is 0 Å². The summed E-state index contributed by atoms with van der Waals surface area (Å²) in [5, 5.41) is 0. The lowest BCUT2D eigenvalue weighted by molar-refractivity contribution is 0.0997. The SMILES string of the molecule is NC(=O)c1nc(Cc2ccccc2)n2ccccc12. The molecule has 0 atom stereocenters. The molecule has 4 heteroatoms. The number of aromatic nitrogens is 2. The zero-order valence-electron chi connectivity index (χ0n) is 10.3. The molecule has 0 bridgehead atoms. The molecular formula is C15H13N3O. The van der Waals surface area contributed by atoms with Crippen molar-refractivity contribution in [2.24, 2.45) is 5.73 Å². The molecule has 2 aromatic heterocycles. The van der Waals surface area contributed by atoms with Crippen LogP contribution >= 0.6 is 0 Å². The number of rotatable bonds is 3. The second-order valence-electron chi connectivity index (χ2n) is 4.36. The van der Waals surface area contributed by atoms with E-state index < -0.39 is 5.91 Å². The number of amides is 1. The summed E-state index contributed by atoms with van der Waals surface area (Å²) in [5.41, 5.74) is 7.60. The van der Waals surface area contributed by atoms with Gasteiger partial charge in [-0.15, -0.1) is 0 Å². The maximum absolute atomic E-state index is 11.4. The molecule has 2 heterocycles. The number of carbonyl (C=O) groups excluding carboxylic acids is 1. The number of imidazole rings is 1. The van der Waals surface area contributed by atoms with E-state index in [2.05, 4.69) is 4.98 Å². The largest absolute Gasteiger partial charge is 0.364 e. The summed E-state index contributed by atoms with van der Waals surface area (Å²) >= 11 is 0. The fourth-order valence-electron chi connectivity index (χ4n) is 2.19. The van der Waals surface area contributed by atoms with Gasteiger partial charge in [-0.2, -0.15) is 0 Å².